The highest BCUT2D eigenvalue weighted by molar-refractivity contribution is 5.98. The first-order valence-corrected chi connectivity index (χ1v) is 9.09. The molecular weight excluding hydrogens is 378 g/mol. The lowest BCUT2D eigenvalue weighted by Gasteiger charge is -2.16. The number of nitrogens with zero attached hydrogens (tertiary/aromatic N) is 2. The molecule has 29 heavy (non-hydrogen) atoms. The molecular formula is C20H25N3O6. The summed E-state index contributed by atoms with van der Waals surface area (Å²) in [5, 5.41) is 13.5. The summed E-state index contributed by atoms with van der Waals surface area (Å²) in [4.78, 5) is 35.4. The van der Waals surface area contributed by atoms with Crippen LogP contribution in [-0.4, -0.2) is 34.6 Å². The van der Waals surface area contributed by atoms with E-state index in [0.717, 1.165) is 11.4 Å². The normalized spacial score (nSPS) is 11.8. The SMILES string of the molecule is COc1ccc([N+](=O)[O-])cc1NC(=O)C(C)OC(=O)c1cc(C)n(C(C)C)c1C. The first-order valence-electron chi connectivity index (χ1n) is 9.09. The zero-order chi connectivity index (χ0) is 21.9. The predicted molar refractivity (Wildman–Crippen MR) is 107 cm³/mol. The van der Waals surface area contributed by atoms with Crippen molar-refractivity contribution in [2.24, 2.45) is 0 Å². The van der Waals surface area contributed by atoms with Crippen LogP contribution < -0.4 is 10.1 Å². The molecule has 2 rings (SSSR count). The van der Waals surface area contributed by atoms with E-state index in [4.69, 9.17) is 9.47 Å². The number of nitro benzene ring substituents is 1. The summed E-state index contributed by atoms with van der Waals surface area (Å²) in [6, 6.07) is 5.74. The molecule has 0 spiro atoms. The van der Waals surface area contributed by atoms with Crippen molar-refractivity contribution in [1.29, 1.82) is 0 Å². The lowest BCUT2D eigenvalue weighted by Crippen LogP contribution is -2.30. The van der Waals surface area contributed by atoms with Crippen LogP contribution >= 0.6 is 0 Å². The highest BCUT2D eigenvalue weighted by atomic mass is 16.6. The van der Waals surface area contributed by atoms with Gasteiger partial charge in [-0.15, -0.1) is 0 Å². The highest BCUT2D eigenvalue weighted by Crippen LogP contribution is 2.29. The number of aryl methyl sites for hydroxylation is 1. The molecule has 0 aliphatic carbocycles. The van der Waals surface area contributed by atoms with Crippen LogP contribution in [0, 0.1) is 24.0 Å². The molecule has 1 unspecified atom stereocenters. The number of benzene rings is 1. The summed E-state index contributed by atoms with van der Waals surface area (Å²) in [5.41, 5.74) is 1.99. The van der Waals surface area contributed by atoms with Gasteiger partial charge >= 0.3 is 5.97 Å². The fourth-order valence-corrected chi connectivity index (χ4v) is 3.20. The van der Waals surface area contributed by atoms with Crippen LogP contribution in [0.5, 0.6) is 5.75 Å². The van der Waals surface area contributed by atoms with Crippen LogP contribution in [0.3, 0.4) is 0 Å². The van der Waals surface area contributed by atoms with Gasteiger partial charge in [-0.1, -0.05) is 0 Å². The summed E-state index contributed by atoms with van der Waals surface area (Å²) < 4.78 is 12.4. The lowest BCUT2D eigenvalue weighted by atomic mass is 10.2. The van der Waals surface area contributed by atoms with Crippen LogP contribution in [0.4, 0.5) is 11.4 Å². The topological polar surface area (TPSA) is 113 Å². The van der Waals surface area contributed by atoms with E-state index in [2.05, 4.69) is 5.32 Å². The summed E-state index contributed by atoms with van der Waals surface area (Å²) in [5.74, 6) is -0.989. The Bertz CT molecular complexity index is 948. The van der Waals surface area contributed by atoms with Gasteiger partial charge in [-0.3, -0.25) is 14.9 Å². The highest BCUT2D eigenvalue weighted by Gasteiger charge is 2.24. The number of carbonyl (C=O) groups excluding carboxylic acids is 2. The van der Waals surface area contributed by atoms with Crippen LogP contribution in [-0.2, 0) is 9.53 Å². The van der Waals surface area contributed by atoms with E-state index in [1.165, 1.54) is 32.2 Å². The lowest BCUT2D eigenvalue weighted by molar-refractivity contribution is -0.384. The molecule has 0 bridgehead atoms. The van der Waals surface area contributed by atoms with Gasteiger partial charge in [0.2, 0.25) is 0 Å². The van der Waals surface area contributed by atoms with E-state index < -0.39 is 22.9 Å². The van der Waals surface area contributed by atoms with Crippen molar-refractivity contribution in [1.82, 2.24) is 4.57 Å². The minimum atomic E-state index is -1.12. The van der Waals surface area contributed by atoms with Gasteiger partial charge in [0.15, 0.2) is 6.10 Å². The molecule has 1 heterocycles. The van der Waals surface area contributed by atoms with Crippen molar-refractivity contribution in [3.8, 4) is 5.75 Å². The van der Waals surface area contributed by atoms with Crippen molar-refractivity contribution in [3.63, 3.8) is 0 Å². The molecule has 0 radical (unpaired) electrons. The molecule has 1 aromatic heterocycles. The fourth-order valence-electron chi connectivity index (χ4n) is 3.20. The minimum Gasteiger partial charge on any atom is -0.495 e. The van der Waals surface area contributed by atoms with E-state index in [1.807, 2.05) is 32.3 Å². The Balaban J connectivity index is 2.16. The van der Waals surface area contributed by atoms with E-state index in [1.54, 1.807) is 6.07 Å². The first kappa shape index (κ1) is 21.9. The van der Waals surface area contributed by atoms with E-state index in [0.29, 0.717) is 5.56 Å². The monoisotopic (exact) mass is 403 g/mol. The summed E-state index contributed by atoms with van der Waals surface area (Å²) in [7, 11) is 1.38. The standard InChI is InChI=1S/C20H25N3O6/c1-11(2)22-12(3)9-16(13(22)4)20(25)29-14(5)19(24)21-17-10-15(23(26)27)7-8-18(17)28-6/h7-11,14H,1-6H3,(H,21,24). The number of aromatic nitrogens is 1. The number of carbonyl (C=O) groups is 2. The molecule has 1 aromatic carbocycles. The summed E-state index contributed by atoms with van der Waals surface area (Å²) >= 11 is 0. The molecule has 1 atom stereocenters. The number of esters is 1. The third kappa shape index (κ3) is 4.74. The van der Waals surface area contributed by atoms with E-state index >= 15 is 0 Å². The molecule has 0 fully saturated rings. The van der Waals surface area contributed by atoms with Gasteiger partial charge in [-0.05, 0) is 46.8 Å². The van der Waals surface area contributed by atoms with Gasteiger partial charge in [-0.25, -0.2) is 4.79 Å². The number of amides is 1. The number of methoxy groups -OCH3 is 1. The zero-order valence-electron chi connectivity index (χ0n) is 17.3. The van der Waals surface area contributed by atoms with Crippen molar-refractivity contribution >= 4 is 23.3 Å². The second kappa shape index (κ2) is 8.76. The molecule has 0 aliphatic heterocycles. The van der Waals surface area contributed by atoms with Gasteiger partial charge < -0.3 is 19.4 Å². The Morgan fingerprint density at radius 3 is 2.34 bits per heavy atom. The van der Waals surface area contributed by atoms with Gasteiger partial charge in [0.25, 0.3) is 11.6 Å². The van der Waals surface area contributed by atoms with Crippen LogP contribution in [0.15, 0.2) is 24.3 Å². The molecule has 0 aliphatic rings. The van der Waals surface area contributed by atoms with Crippen molar-refractivity contribution in [3.05, 3.63) is 51.3 Å². The van der Waals surface area contributed by atoms with E-state index in [-0.39, 0.29) is 23.2 Å². The molecule has 1 amide bonds. The van der Waals surface area contributed by atoms with Crippen LogP contribution in [0.1, 0.15) is 48.6 Å². The number of non-ortho nitro benzene ring substituents is 1. The molecule has 2 aromatic rings. The molecule has 156 valence electrons. The molecule has 0 saturated carbocycles. The van der Waals surface area contributed by atoms with Crippen LogP contribution in [0.2, 0.25) is 0 Å². The average Bonchev–Trinajstić information content (AvgIpc) is 2.95. The smallest absolute Gasteiger partial charge is 0.340 e. The van der Waals surface area contributed by atoms with E-state index in [9.17, 15) is 19.7 Å². The summed E-state index contributed by atoms with van der Waals surface area (Å²) in [6.07, 6.45) is -1.12. The van der Waals surface area contributed by atoms with Gasteiger partial charge in [0.1, 0.15) is 5.75 Å². The number of rotatable bonds is 7. The predicted octanol–water partition coefficient (Wildman–Crippen LogP) is 3.79. The molecule has 9 nitrogen and oxygen atoms in total. The fraction of sp³-hybridized carbons (Fsp3) is 0.400. The number of hydrogen-bond donors (Lipinski definition) is 1. The largest absolute Gasteiger partial charge is 0.495 e. The Hall–Kier alpha value is -3.36. The maximum absolute atomic E-state index is 12.6. The van der Waals surface area contributed by atoms with Crippen molar-refractivity contribution in [2.75, 3.05) is 12.4 Å². The van der Waals surface area contributed by atoms with Crippen LogP contribution in [0.25, 0.3) is 0 Å². The maximum atomic E-state index is 12.6. The minimum absolute atomic E-state index is 0.118. The number of ether oxygens (including phenoxy) is 2. The Morgan fingerprint density at radius 2 is 1.83 bits per heavy atom. The molecule has 1 N–H and O–H groups in total. The quantitative estimate of drug-likeness (QED) is 0.428. The number of anilines is 1. The summed E-state index contributed by atoms with van der Waals surface area (Å²) in [6.45, 7) is 9.17. The Kier molecular flexibility index (Phi) is 6.63. The van der Waals surface area contributed by atoms with Gasteiger partial charge in [-0.2, -0.15) is 0 Å². The third-order valence-corrected chi connectivity index (χ3v) is 4.53. The second-order valence-electron chi connectivity index (χ2n) is 6.93. The van der Waals surface area contributed by atoms with Gasteiger partial charge in [0.05, 0.1) is 23.3 Å². The Morgan fingerprint density at radius 1 is 1.17 bits per heavy atom. The number of nitro groups is 1. The zero-order valence-corrected chi connectivity index (χ0v) is 17.3. The average molecular weight is 403 g/mol. The van der Waals surface area contributed by atoms with Gasteiger partial charge in [0, 0.05) is 29.6 Å². The molecule has 0 saturated heterocycles. The first-order chi connectivity index (χ1) is 13.6. The Labute approximate surface area is 168 Å². The van der Waals surface area contributed by atoms with Crippen molar-refractivity contribution < 1.29 is 24.0 Å². The van der Waals surface area contributed by atoms with Crippen molar-refractivity contribution in [2.45, 2.75) is 46.8 Å². The maximum Gasteiger partial charge on any atom is 0.340 e. The number of nitrogens with one attached hydrogen (secondary N) is 1. The molecule has 9 heteroatoms. The third-order valence-electron chi connectivity index (χ3n) is 4.53. The number of hydrogen-bond acceptors (Lipinski definition) is 6. The second-order valence-corrected chi connectivity index (χ2v) is 6.93.